The average molecular weight is 251 g/mol. The van der Waals surface area contributed by atoms with Gasteiger partial charge in [-0.1, -0.05) is 4.49 Å². The maximum atomic E-state index is 6.10. The van der Waals surface area contributed by atoms with E-state index in [1.165, 1.54) is 11.5 Å². The fourth-order valence-corrected chi connectivity index (χ4v) is 1.98. The van der Waals surface area contributed by atoms with E-state index in [1.54, 1.807) is 20.3 Å². The number of nitrogens with zero attached hydrogens (tertiary/aromatic N) is 2. The molecule has 1 heterocycles. The van der Waals surface area contributed by atoms with Crippen LogP contribution in [0.2, 0.25) is 0 Å². The molecular formula is C11H13N3O2S. The summed E-state index contributed by atoms with van der Waals surface area (Å²) in [5, 5.41) is 5.80. The lowest BCUT2D eigenvalue weighted by Gasteiger charge is -2.12. The predicted molar refractivity (Wildman–Crippen MR) is 65.5 cm³/mol. The maximum absolute atomic E-state index is 6.10. The fraction of sp³-hybridized carbons (Fsp3) is 0.273. The number of hydrogen-bond acceptors (Lipinski definition) is 6. The zero-order valence-electron chi connectivity index (χ0n) is 9.58. The van der Waals surface area contributed by atoms with Crippen molar-refractivity contribution in [3.05, 3.63) is 34.8 Å². The zero-order chi connectivity index (χ0) is 12.3. The van der Waals surface area contributed by atoms with Crippen molar-refractivity contribution in [2.24, 2.45) is 5.73 Å². The Balaban J connectivity index is 2.37. The lowest BCUT2D eigenvalue weighted by atomic mass is 10.0. The third-order valence-electron chi connectivity index (χ3n) is 2.43. The summed E-state index contributed by atoms with van der Waals surface area (Å²) in [4.78, 5) is 0. The first kappa shape index (κ1) is 11.8. The van der Waals surface area contributed by atoms with Crippen molar-refractivity contribution < 1.29 is 9.47 Å². The van der Waals surface area contributed by atoms with Crippen molar-refractivity contribution in [1.29, 1.82) is 0 Å². The SMILES string of the molecule is COc1cc(OC)cc(C(N)c2csnn2)c1. The molecule has 5 nitrogen and oxygen atoms in total. The Morgan fingerprint density at radius 1 is 1.18 bits per heavy atom. The zero-order valence-corrected chi connectivity index (χ0v) is 10.4. The monoisotopic (exact) mass is 251 g/mol. The Morgan fingerprint density at radius 2 is 1.82 bits per heavy atom. The normalized spacial score (nSPS) is 12.2. The first-order valence-corrected chi connectivity index (χ1v) is 5.83. The van der Waals surface area contributed by atoms with Gasteiger partial charge in [0.1, 0.15) is 11.5 Å². The van der Waals surface area contributed by atoms with E-state index in [0.717, 1.165) is 11.3 Å². The molecule has 1 unspecified atom stereocenters. The lowest BCUT2D eigenvalue weighted by molar-refractivity contribution is 0.393. The summed E-state index contributed by atoms with van der Waals surface area (Å²) in [7, 11) is 3.21. The van der Waals surface area contributed by atoms with E-state index in [2.05, 4.69) is 9.59 Å². The fourth-order valence-electron chi connectivity index (χ4n) is 1.49. The van der Waals surface area contributed by atoms with Crippen molar-refractivity contribution in [3.8, 4) is 11.5 Å². The summed E-state index contributed by atoms with van der Waals surface area (Å²) in [5.41, 5.74) is 7.73. The van der Waals surface area contributed by atoms with Gasteiger partial charge in [-0.25, -0.2) is 0 Å². The van der Waals surface area contributed by atoms with Gasteiger partial charge >= 0.3 is 0 Å². The highest BCUT2D eigenvalue weighted by Gasteiger charge is 2.14. The molecule has 1 atom stereocenters. The second kappa shape index (κ2) is 5.11. The van der Waals surface area contributed by atoms with Gasteiger partial charge in [0.05, 0.1) is 26.0 Å². The first-order chi connectivity index (χ1) is 8.24. The second-order valence-electron chi connectivity index (χ2n) is 3.45. The van der Waals surface area contributed by atoms with Crippen molar-refractivity contribution >= 4 is 11.5 Å². The summed E-state index contributed by atoms with van der Waals surface area (Å²) < 4.78 is 14.2. The molecule has 0 saturated carbocycles. The molecule has 0 aliphatic heterocycles. The molecule has 2 N–H and O–H groups in total. The molecule has 0 radical (unpaired) electrons. The largest absolute Gasteiger partial charge is 0.497 e. The Kier molecular flexibility index (Phi) is 3.55. The van der Waals surface area contributed by atoms with E-state index in [-0.39, 0.29) is 6.04 Å². The van der Waals surface area contributed by atoms with Crippen molar-refractivity contribution in [2.75, 3.05) is 14.2 Å². The molecular weight excluding hydrogens is 238 g/mol. The highest BCUT2D eigenvalue weighted by atomic mass is 32.1. The molecule has 1 aromatic heterocycles. The molecule has 90 valence electrons. The number of methoxy groups -OCH3 is 2. The quantitative estimate of drug-likeness (QED) is 0.893. The van der Waals surface area contributed by atoms with Crippen LogP contribution >= 0.6 is 11.5 Å². The smallest absolute Gasteiger partial charge is 0.122 e. The lowest BCUT2D eigenvalue weighted by Crippen LogP contribution is -2.12. The van der Waals surface area contributed by atoms with Crippen LogP contribution in [0.3, 0.4) is 0 Å². The number of nitrogens with two attached hydrogens (primary N) is 1. The van der Waals surface area contributed by atoms with E-state index < -0.39 is 0 Å². The topological polar surface area (TPSA) is 70.3 Å². The molecule has 1 aromatic carbocycles. The summed E-state index contributed by atoms with van der Waals surface area (Å²) in [6.07, 6.45) is 0. The molecule has 2 aromatic rings. The minimum absolute atomic E-state index is 0.322. The van der Waals surface area contributed by atoms with E-state index in [9.17, 15) is 0 Å². The van der Waals surface area contributed by atoms with Crippen LogP contribution in [0.25, 0.3) is 0 Å². The van der Waals surface area contributed by atoms with E-state index >= 15 is 0 Å². The van der Waals surface area contributed by atoms with Crippen LogP contribution in [0.4, 0.5) is 0 Å². The van der Waals surface area contributed by atoms with E-state index in [0.29, 0.717) is 11.5 Å². The van der Waals surface area contributed by atoms with Crippen molar-refractivity contribution in [3.63, 3.8) is 0 Å². The van der Waals surface area contributed by atoms with E-state index in [4.69, 9.17) is 15.2 Å². The molecule has 0 aliphatic rings. The molecule has 6 heteroatoms. The van der Waals surface area contributed by atoms with Crippen LogP contribution < -0.4 is 15.2 Å². The molecule has 17 heavy (non-hydrogen) atoms. The number of aromatic nitrogens is 2. The number of ether oxygens (including phenoxy) is 2. The molecule has 0 saturated heterocycles. The second-order valence-corrected chi connectivity index (χ2v) is 4.06. The molecule has 0 fully saturated rings. The summed E-state index contributed by atoms with van der Waals surface area (Å²) >= 11 is 1.28. The third-order valence-corrected chi connectivity index (χ3v) is 2.95. The van der Waals surface area contributed by atoms with Gasteiger partial charge in [-0.2, -0.15) is 0 Å². The maximum Gasteiger partial charge on any atom is 0.122 e. The van der Waals surface area contributed by atoms with Gasteiger partial charge in [0.15, 0.2) is 0 Å². The van der Waals surface area contributed by atoms with Crippen LogP contribution in [-0.4, -0.2) is 23.8 Å². The van der Waals surface area contributed by atoms with E-state index in [1.807, 2.05) is 17.5 Å². The summed E-state index contributed by atoms with van der Waals surface area (Å²) in [6.45, 7) is 0. The Morgan fingerprint density at radius 3 is 2.29 bits per heavy atom. The Hall–Kier alpha value is -1.66. The summed E-state index contributed by atoms with van der Waals surface area (Å²) in [5.74, 6) is 1.41. The van der Waals surface area contributed by atoms with Gasteiger partial charge in [0.25, 0.3) is 0 Å². The Labute approximate surface area is 103 Å². The van der Waals surface area contributed by atoms with Crippen LogP contribution in [0.1, 0.15) is 17.3 Å². The highest BCUT2D eigenvalue weighted by molar-refractivity contribution is 7.03. The third kappa shape index (κ3) is 2.54. The van der Waals surface area contributed by atoms with Crippen LogP contribution in [0.5, 0.6) is 11.5 Å². The number of hydrogen-bond donors (Lipinski definition) is 1. The first-order valence-electron chi connectivity index (χ1n) is 5.00. The van der Waals surface area contributed by atoms with Crippen molar-refractivity contribution in [2.45, 2.75) is 6.04 Å². The van der Waals surface area contributed by atoms with Gasteiger partial charge in [-0.05, 0) is 29.2 Å². The molecule has 0 spiro atoms. The highest BCUT2D eigenvalue weighted by Crippen LogP contribution is 2.28. The average Bonchev–Trinajstić information content (AvgIpc) is 2.91. The number of rotatable bonds is 4. The van der Waals surface area contributed by atoms with Gasteiger partial charge in [-0.15, -0.1) is 5.10 Å². The molecule has 0 aliphatic carbocycles. The predicted octanol–water partition coefficient (Wildman–Crippen LogP) is 1.60. The van der Waals surface area contributed by atoms with Crippen molar-refractivity contribution in [1.82, 2.24) is 9.59 Å². The van der Waals surface area contributed by atoms with Gasteiger partial charge in [0.2, 0.25) is 0 Å². The minimum atomic E-state index is -0.322. The van der Waals surface area contributed by atoms with Gasteiger partial charge in [0, 0.05) is 11.4 Å². The van der Waals surface area contributed by atoms with Gasteiger partial charge in [-0.3, -0.25) is 0 Å². The standard InChI is InChI=1S/C11H13N3O2S/c1-15-8-3-7(4-9(5-8)16-2)11(12)10-6-17-14-13-10/h3-6,11H,12H2,1-2H3. The van der Waals surface area contributed by atoms with Gasteiger partial charge < -0.3 is 15.2 Å². The van der Waals surface area contributed by atoms with Crippen LogP contribution in [-0.2, 0) is 0 Å². The van der Waals surface area contributed by atoms with Crippen LogP contribution in [0.15, 0.2) is 23.6 Å². The molecule has 0 bridgehead atoms. The minimum Gasteiger partial charge on any atom is -0.497 e. The Bertz CT molecular complexity index is 465. The molecule has 0 amide bonds. The number of benzene rings is 1. The summed E-state index contributed by atoms with van der Waals surface area (Å²) in [6, 6.07) is 5.21. The van der Waals surface area contributed by atoms with Crippen LogP contribution in [0, 0.1) is 0 Å². The molecule has 2 rings (SSSR count).